The van der Waals surface area contributed by atoms with E-state index in [2.05, 4.69) is 5.32 Å². The van der Waals surface area contributed by atoms with Crippen LogP contribution in [0.25, 0.3) is 0 Å². The van der Waals surface area contributed by atoms with Crippen molar-refractivity contribution in [3.05, 3.63) is 0 Å². The van der Waals surface area contributed by atoms with Crippen molar-refractivity contribution in [2.24, 2.45) is 5.92 Å². The molecule has 0 heterocycles. The van der Waals surface area contributed by atoms with Crippen molar-refractivity contribution in [3.63, 3.8) is 0 Å². The van der Waals surface area contributed by atoms with Crippen LogP contribution in [-0.2, 0) is 4.79 Å². The molecule has 1 rings (SSSR count). The molecular weight excluding hydrogens is 198 g/mol. The molecule has 0 saturated heterocycles. The minimum atomic E-state index is 0.0567. The minimum Gasteiger partial charge on any atom is -0.395 e. The van der Waals surface area contributed by atoms with Gasteiger partial charge in [0.25, 0.3) is 0 Å². The molecule has 0 aromatic rings. The van der Waals surface area contributed by atoms with Gasteiger partial charge in [0.15, 0.2) is 0 Å². The van der Waals surface area contributed by atoms with Crippen LogP contribution in [0.4, 0.5) is 0 Å². The summed E-state index contributed by atoms with van der Waals surface area (Å²) in [5, 5.41) is 12.1. The number of rotatable bonds is 6. The van der Waals surface area contributed by atoms with Crippen LogP contribution in [0.1, 0.15) is 26.2 Å². The maximum Gasteiger partial charge on any atom is 0.220 e. The molecule has 0 aliphatic heterocycles. The molecule has 1 aliphatic carbocycles. The third-order valence-electron chi connectivity index (χ3n) is 2.60. The summed E-state index contributed by atoms with van der Waals surface area (Å²) in [7, 11) is 0. The lowest BCUT2D eigenvalue weighted by atomic mass is 10.2. The molecule has 0 radical (unpaired) electrons. The summed E-state index contributed by atoms with van der Waals surface area (Å²) >= 11 is 1.59. The number of thioether (sulfide) groups is 1. The first-order valence-electron chi connectivity index (χ1n) is 5.10. The Morgan fingerprint density at radius 2 is 2.29 bits per heavy atom. The first kappa shape index (κ1) is 11.9. The predicted octanol–water partition coefficient (Wildman–Crippen LogP) is 1.02. The summed E-state index contributed by atoms with van der Waals surface area (Å²) in [5.41, 5.74) is 0. The Balaban J connectivity index is 2.22. The van der Waals surface area contributed by atoms with Crippen LogP contribution in [0.15, 0.2) is 0 Å². The molecule has 1 fully saturated rings. The molecule has 0 aromatic heterocycles. The highest BCUT2D eigenvalue weighted by Gasteiger charge is 2.25. The zero-order chi connectivity index (χ0) is 10.6. The van der Waals surface area contributed by atoms with E-state index in [1.807, 2.05) is 13.2 Å². The summed E-state index contributed by atoms with van der Waals surface area (Å²) in [6.45, 7) is 2.06. The van der Waals surface area contributed by atoms with E-state index in [-0.39, 0.29) is 23.8 Å². The Bertz CT molecular complexity index is 191. The van der Waals surface area contributed by atoms with Crippen LogP contribution in [0.5, 0.6) is 0 Å². The van der Waals surface area contributed by atoms with E-state index in [1.54, 1.807) is 11.8 Å². The molecule has 0 aromatic carbocycles. The van der Waals surface area contributed by atoms with Crippen molar-refractivity contribution in [1.29, 1.82) is 0 Å². The fourth-order valence-corrected chi connectivity index (χ4v) is 2.05. The molecule has 82 valence electrons. The smallest absolute Gasteiger partial charge is 0.220 e. The number of hydrogen-bond acceptors (Lipinski definition) is 3. The van der Waals surface area contributed by atoms with Gasteiger partial charge in [-0.1, -0.05) is 0 Å². The number of carbonyl (C=O) groups excluding carboxylic acids is 1. The lowest BCUT2D eigenvalue weighted by Crippen LogP contribution is -2.41. The maximum absolute atomic E-state index is 11.4. The van der Waals surface area contributed by atoms with Crippen molar-refractivity contribution >= 4 is 17.7 Å². The summed E-state index contributed by atoms with van der Waals surface area (Å²) in [6.07, 6.45) is 5.02. The molecular formula is C10H19NO2S. The fraction of sp³-hybridized carbons (Fsp3) is 0.900. The number of nitrogens with one attached hydrogen (secondary N) is 1. The molecule has 0 bridgehead atoms. The van der Waals surface area contributed by atoms with Crippen LogP contribution < -0.4 is 5.32 Å². The highest BCUT2D eigenvalue weighted by atomic mass is 32.2. The molecule has 2 N–H and O–H groups in total. The number of hydrogen-bond donors (Lipinski definition) is 2. The van der Waals surface area contributed by atoms with E-state index < -0.39 is 0 Å². The van der Waals surface area contributed by atoms with Gasteiger partial charge in [0.1, 0.15) is 0 Å². The first-order valence-corrected chi connectivity index (χ1v) is 6.39. The van der Waals surface area contributed by atoms with Crippen LogP contribution in [0, 0.1) is 5.92 Å². The molecule has 2 atom stereocenters. The van der Waals surface area contributed by atoms with Gasteiger partial charge in [-0.05, 0) is 31.9 Å². The molecule has 3 nitrogen and oxygen atoms in total. The van der Waals surface area contributed by atoms with Gasteiger partial charge in [0.2, 0.25) is 5.91 Å². The number of aliphatic hydroxyl groups is 1. The third-order valence-corrected chi connectivity index (χ3v) is 3.76. The summed E-state index contributed by atoms with van der Waals surface area (Å²) in [4.78, 5) is 11.4. The van der Waals surface area contributed by atoms with E-state index in [1.165, 1.54) is 12.8 Å². The molecule has 1 aliphatic rings. The van der Waals surface area contributed by atoms with Crippen LogP contribution in [0.2, 0.25) is 0 Å². The average Bonchev–Trinajstić information content (AvgIpc) is 2.90. The predicted molar refractivity (Wildman–Crippen MR) is 59.3 cm³/mol. The topological polar surface area (TPSA) is 49.3 Å². The van der Waals surface area contributed by atoms with Gasteiger partial charge in [-0.15, -0.1) is 0 Å². The maximum atomic E-state index is 11.4. The summed E-state index contributed by atoms with van der Waals surface area (Å²) in [6, 6.07) is 0.0567. The monoisotopic (exact) mass is 217 g/mol. The SMILES string of the molecule is CSC(CO)C(C)NC(=O)CC1CC1. The second-order valence-electron chi connectivity index (χ2n) is 3.96. The van der Waals surface area contributed by atoms with Crippen LogP contribution in [-0.4, -0.2) is 35.2 Å². The van der Waals surface area contributed by atoms with Gasteiger partial charge >= 0.3 is 0 Å². The number of amides is 1. The lowest BCUT2D eigenvalue weighted by molar-refractivity contribution is -0.122. The Morgan fingerprint density at radius 3 is 2.71 bits per heavy atom. The molecule has 2 unspecified atom stereocenters. The lowest BCUT2D eigenvalue weighted by Gasteiger charge is -2.21. The van der Waals surface area contributed by atoms with E-state index in [9.17, 15) is 4.79 Å². The van der Waals surface area contributed by atoms with Crippen molar-refractivity contribution < 1.29 is 9.90 Å². The molecule has 14 heavy (non-hydrogen) atoms. The highest BCUT2D eigenvalue weighted by Crippen LogP contribution is 2.32. The summed E-state index contributed by atoms with van der Waals surface area (Å²) < 4.78 is 0. The zero-order valence-corrected chi connectivity index (χ0v) is 9.64. The Kier molecular flexibility index (Phi) is 4.75. The van der Waals surface area contributed by atoms with Crippen LogP contribution >= 0.6 is 11.8 Å². The van der Waals surface area contributed by atoms with E-state index >= 15 is 0 Å². The second-order valence-corrected chi connectivity index (χ2v) is 5.04. The molecule has 0 spiro atoms. The Labute approximate surface area is 89.6 Å². The Morgan fingerprint density at radius 1 is 1.64 bits per heavy atom. The molecule has 4 heteroatoms. The van der Waals surface area contributed by atoms with Gasteiger partial charge < -0.3 is 10.4 Å². The standard InChI is InChI=1S/C10H19NO2S/c1-7(9(6-12)14-2)11-10(13)5-8-3-4-8/h7-9,12H,3-6H2,1-2H3,(H,11,13). The van der Waals surface area contributed by atoms with Crippen LogP contribution in [0.3, 0.4) is 0 Å². The van der Waals surface area contributed by atoms with E-state index in [4.69, 9.17) is 5.11 Å². The van der Waals surface area contributed by atoms with Gasteiger partial charge in [0.05, 0.1) is 6.61 Å². The number of aliphatic hydroxyl groups excluding tert-OH is 1. The molecule has 1 saturated carbocycles. The quantitative estimate of drug-likeness (QED) is 0.698. The number of carbonyl (C=O) groups is 1. The normalized spacial score (nSPS) is 20.2. The second kappa shape index (κ2) is 5.61. The third kappa shape index (κ3) is 3.88. The zero-order valence-electron chi connectivity index (χ0n) is 8.82. The van der Waals surface area contributed by atoms with Crippen molar-refractivity contribution in [3.8, 4) is 0 Å². The Hall–Kier alpha value is -0.220. The highest BCUT2D eigenvalue weighted by molar-refractivity contribution is 7.99. The fourth-order valence-electron chi connectivity index (χ4n) is 1.43. The van der Waals surface area contributed by atoms with Gasteiger partial charge in [-0.3, -0.25) is 4.79 Å². The van der Waals surface area contributed by atoms with Gasteiger partial charge in [-0.25, -0.2) is 0 Å². The van der Waals surface area contributed by atoms with Crippen molar-refractivity contribution in [1.82, 2.24) is 5.32 Å². The van der Waals surface area contributed by atoms with E-state index in [0.29, 0.717) is 12.3 Å². The van der Waals surface area contributed by atoms with Gasteiger partial charge in [0, 0.05) is 17.7 Å². The summed E-state index contributed by atoms with van der Waals surface area (Å²) in [5.74, 6) is 0.761. The van der Waals surface area contributed by atoms with Gasteiger partial charge in [-0.2, -0.15) is 11.8 Å². The average molecular weight is 217 g/mol. The van der Waals surface area contributed by atoms with E-state index in [0.717, 1.165) is 0 Å². The van der Waals surface area contributed by atoms with Crippen molar-refractivity contribution in [2.75, 3.05) is 12.9 Å². The van der Waals surface area contributed by atoms with Crippen molar-refractivity contribution in [2.45, 2.75) is 37.5 Å². The largest absolute Gasteiger partial charge is 0.395 e. The minimum absolute atomic E-state index is 0.0567. The first-order chi connectivity index (χ1) is 6.67. The molecule has 1 amide bonds.